The minimum atomic E-state index is -4.59. The minimum absolute atomic E-state index is 0.0126. The van der Waals surface area contributed by atoms with Crippen LogP contribution in [0.4, 0.5) is 23.2 Å². The Balaban J connectivity index is 3.00. The molecule has 1 unspecified atom stereocenters. The number of benzene rings is 1. The number of carbonyl (C=O) groups excluding carboxylic acids is 2. The lowest BCUT2D eigenvalue weighted by molar-refractivity contribution is -0.123. The number of nitrogens with one attached hydrogen (secondary N) is 2. The number of hydrogen-bond donors (Lipinski definition) is 3. The smallest absolute Gasteiger partial charge is 0.384 e. The second-order valence-corrected chi connectivity index (χ2v) is 4.59. The van der Waals surface area contributed by atoms with Crippen molar-refractivity contribution in [1.82, 2.24) is 5.32 Å². The minimum Gasteiger partial charge on any atom is -0.384 e. The summed E-state index contributed by atoms with van der Waals surface area (Å²) in [4.78, 5) is 23.0. The monoisotopic (exact) mass is 322 g/mol. The summed E-state index contributed by atoms with van der Waals surface area (Å²) >= 11 is 0. The summed E-state index contributed by atoms with van der Waals surface area (Å²) in [7, 11) is 0. The molecule has 2 amide bonds. The van der Waals surface area contributed by atoms with Crippen molar-refractivity contribution in [3.05, 3.63) is 29.1 Å². The van der Waals surface area contributed by atoms with Crippen LogP contribution in [-0.4, -0.2) is 35.7 Å². The fraction of sp³-hybridized carbons (Fsp3) is 0.385. The summed E-state index contributed by atoms with van der Waals surface area (Å²) in [6, 6.07) is 1.80. The second-order valence-electron chi connectivity index (χ2n) is 4.59. The molecule has 1 rings (SSSR count). The first-order valence-electron chi connectivity index (χ1n) is 6.15. The van der Waals surface area contributed by atoms with Gasteiger partial charge in [0, 0.05) is 16.8 Å². The van der Waals surface area contributed by atoms with Gasteiger partial charge in [0.1, 0.15) is 18.5 Å². The van der Waals surface area contributed by atoms with Crippen molar-refractivity contribution in [3.63, 3.8) is 0 Å². The molecule has 1 aromatic carbocycles. The van der Waals surface area contributed by atoms with Crippen LogP contribution in [-0.2, 0) is 4.79 Å². The van der Waals surface area contributed by atoms with Gasteiger partial charge in [0.15, 0.2) is 0 Å². The molecular weight excluding hydrogens is 308 g/mol. The van der Waals surface area contributed by atoms with Crippen LogP contribution in [0.3, 0.4) is 0 Å². The van der Waals surface area contributed by atoms with E-state index in [0.29, 0.717) is 0 Å². The van der Waals surface area contributed by atoms with Gasteiger partial charge in [-0.2, -0.15) is 13.2 Å². The first-order chi connectivity index (χ1) is 10.0. The third-order valence-electron chi connectivity index (χ3n) is 2.69. The molecule has 0 aliphatic rings. The highest BCUT2D eigenvalue weighted by atomic mass is 19.4. The number of anilines is 1. The van der Waals surface area contributed by atoms with Crippen molar-refractivity contribution in [2.24, 2.45) is 0 Å². The SMILES string of the molecule is Cc1c(F)cc(C(=O)NCC(F)(F)F)cc1NC(=O)C(C)O. The molecule has 3 N–H and O–H groups in total. The Kier molecular flexibility index (Phi) is 5.48. The lowest BCUT2D eigenvalue weighted by atomic mass is 10.1. The van der Waals surface area contributed by atoms with Gasteiger partial charge in [-0.1, -0.05) is 0 Å². The van der Waals surface area contributed by atoms with E-state index in [0.717, 1.165) is 12.1 Å². The summed E-state index contributed by atoms with van der Waals surface area (Å²) < 4.78 is 49.8. The molecule has 0 radical (unpaired) electrons. The van der Waals surface area contributed by atoms with Gasteiger partial charge in [-0.25, -0.2) is 4.39 Å². The van der Waals surface area contributed by atoms with E-state index in [1.54, 1.807) is 5.32 Å². The van der Waals surface area contributed by atoms with E-state index in [1.807, 2.05) is 0 Å². The summed E-state index contributed by atoms with van der Waals surface area (Å²) in [6.45, 7) is 0.933. The van der Waals surface area contributed by atoms with E-state index in [1.165, 1.54) is 13.8 Å². The maximum Gasteiger partial charge on any atom is 0.405 e. The number of rotatable bonds is 4. The van der Waals surface area contributed by atoms with Crippen molar-refractivity contribution >= 4 is 17.5 Å². The molecule has 1 atom stereocenters. The first-order valence-corrected chi connectivity index (χ1v) is 6.15. The Bertz CT molecular complexity index is 585. The average molecular weight is 322 g/mol. The van der Waals surface area contributed by atoms with Crippen LogP contribution in [0.2, 0.25) is 0 Å². The number of amides is 2. The quantitative estimate of drug-likeness (QED) is 0.739. The lowest BCUT2D eigenvalue weighted by Crippen LogP contribution is -2.34. The largest absolute Gasteiger partial charge is 0.405 e. The molecule has 0 saturated heterocycles. The molecule has 1 aromatic rings. The van der Waals surface area contributed by atoms with Crippen molar-refractivity contribution in [2.45, 2.75) is 26.1 Å². The van der Waals surface area contributed by atoms with Gasteiger partial charge in [0.2, 0.25) is 0 Å². The second kappa shape index (κ2) is 6.73. The van der Waals surface area contributed by atoms with E-state index in [-0.39, 0.29) is 16.8 Å². The molecule has 0 fully saturated rings. The number of aliphatic hydroxyl groups is 1. The number of carbonyl (C=O) groups is 2. The van der Waals surface area contributed by atoms with Crippen LogP contribution in [0.1, 0.15) is 22.8 Å². The highest BCUT2D eigenvalue weighted by Gasteiger charge is 2.28. The topological polar surface area (TPSA) is 78.4 Å². The number of alkyl halides is 3. The molecule has 0 bridgehead atoms. The first kappa shape index (κ1) is 17.9. The van der Waals surface area contributed by atoms with Gasteiger partial charge >= 0.3 is 6.18 Å². The van der Waals surface area contributed by atoms with Crippen LogP contribution in [0.15, 0.2) is 12.1 Å². The van der Waals surface area contributed by atoms with Crippen molar-refractivity contribution < 1.29 is 32.3 Å². The summed E-state index contributed by atoms with van der Waals surface area (Å²) in [5, 5.41) is 12.9. The predicted molar refractivity (Wildman–Crippen MR) is 69.8 cm³/mol. The third-order valence-corrected chi connectivity index (χ3v) is 2.69. The Morgan fingerprint density at radius 1 is 1.32 bits per heavy atom. The lowest BCUT2D eigenvalue weighted by Gasteiger charge is -2.13. The van der Waals surface area contributed by atoms with Crippen LogP contribution < -0.4 is 10.6 Å². The zero-order valence-corrected chi connectivity index (χ0v) is 11.7. The van der Waals surface area contributed by atoms with E-state index in [9.17, 15) is 27.2 Å². The van der Waals surface area contributed by atoms with Crippen molar-refractivity contribution in [3.8, 4) is 0 Å². The molecule has 9 heteroatoms. The fourth-order valence-electron chi connectivity index (χ4n) is 1.46. The zero-order chi connectivity index (χ0) is 17.1. The van der Waals surface area contributed by atoms with Crippen LogP contribution in [0.25, 0.3) is 0 Å². The average Bonchev–Trinajstić information content (AvgIpc) is 2.39. The van der Waals surface area contributed by atoms with Crippen molar-refractivity contribution in [1.29, 1.82) is 0 Å². The standard InChI is InChI=1S/C13H14F4N2O3/c1-6-9(14)3-8(12(22)18-5-13(15,16)17)4-10(6)19-11(21)7(2)20/h3-4,7,20H,5H2,1-2H3,(H,18,22)(H,19,21). The molecule has 122 valence electrons. The van der Waals surface area contributed by atoms with Crippen LogP contribution in [0, 0.1) is 12.7 Å². The van der Waals surface area contributed by atoms with E-state index in [4.69, 9.17) is 5.11 Å². The molecule has 0 aliphatic carbocycles. The van der Waals surface area contributed by atoms with Crippen LogP contribution >= 0.6 is 0 Å². The Labute approximate surface area is 123 Å². The molecular formula is C13H14F4N2O3. The van der Waals surface area contributed by atoms with E-state index < -0.39 is 36.5 Å². The Morgan fingerprint density at radius 3 is 2.41 bits per heavy atom. The molecule has 0 spiro atoms. The number of aliphatic hydroxyl groups excluding tert-OH is 1. The summed E-state index contributed by atoms with van der Waals surface area (Å²) in [6.07, 6.45) is -5.97. The maximum atomic E-state index is 13.7. The predicted octanol–water partition coefficient (Wildman–Crippen LogP) is 1.75. The van der Waals surface area contributed by atoms with Crippen molar-refractivity contribution in [2.75, 3.05) is 11.9 Å². The maximum absolute atomic E-state index is 13.7. The van der Waals surface area contributed by atoms with Gasteiger partial charge in [-0.05, 0) is 26.0 Å². The third kappa shape index (κ3) is 4.99. The zero-order valence-electron chi connectivity index (χ0n) is 11.7. The van der Waals surface area contributed by atoms with E-state index >= 15 is 0 Å². The molecule has 0 saturated carbocycles. The highest BCUT2D eigenvalue weighted by Crippen LogP contribution is 2.21. The number of halogens is 4. The summed E-state index contributed by atoms with van der Waals surface area (Å²) in [5.41, 5.74) is -0.502. The van der Waals surface area contributed by atoms with Crippen LogP contribution in [0.5, 0.6) is 0 Å². The van der Waals surface area contributed by atoms with E-state index in [2.05, 4.69) is 5.32 Å². The van der Waals surface area contributed by atoms with Gasteiger partial charge in [-0.15, -0.1) is 0 Å². The summed E-state index contributed by atoms with van der Waals surface area (Å²) in [5.74, 6) is -2.85. The Morgan fingerprint density at radius 2 is 1.91 bits per heavy atom. The fourth-order valence-corrected chi connectivity index (χ4v) is 1.46. The molecule has 0 heterocycles. The molecule has 5 nitrogen and oxygen atoms in total. The van der Waals surface area contributed by atoms with Gasteiger partial charge in [0.25, 0.3) is 11.8 Å². The molecule has 0 aliphatic heterocycles. The van der Waals surface area contributed by atoms with Gasteiger partial charge < -0.3 is 15.7 Å². The van der Waals surface area contributed by atoms with Gasteiger partial charge in [0.05, 0.1) is 0 Å². The van der Waals surface area contributed by atoms with Gasteiger partial charge in [-0.3, -0.25) is 9.59 Å². The highest BCUT2D eigenvalue weighted by molar-refractivity contribution is 5.98. The number of hydrogen-bond acceptors (Lipinski definition) is 3. The Hall–Kier alpha value is -2.16. The normalized spacial score (nSPS) is 12.7. The molecule has 0 aromatic heterocycles. The molecule has 22 heavy (non-hydrogen) atoms.